The first-order valence-electron chi connectivity index (χ1n) is 5.17. The number of halogens is 1. The molecule has 6 heteroatoms. The quantitative estimate of drug-likeness (QED) is 0.771. The van der Waals surface area contributed by atoms with Gasteiger partial charge in [0.2, 0.25) is 0 Å². The molecular formula is C10H13ClN4O. The van der Waals surface area contributed by atoms with Crippen LogP contribution in [0.3, 0.4) is 0 Å². The van der Waals surface area contributed by atoms with E-state index in [4.69, 9.17) is 16.1 Å². The second-order valence-electron chi connectivity index (χ2n) is 3.62. The van der Waals surface area contributed by atoms with Crippen LogP contribution in [0.1, 0.15) is 31.0 Å². The molecule has 0 bridgehead atoms. The highest BCUT2D eigenvalue weighted by Crippen LogP contribution is 2.25. The molecule has 0 aromatic carbocycles. The molecule has 0 N–H and O–H groups in total. The van der Waals surface area contributed by atoms with Crippen molar-refractivity contribution in [2.75, 3.05) is 0 Å². The van der Waals surface area contributed by atoms with Crippen molar-refractivity contribution in [1.82, 2.24) is 19.9 Å². The van der Waals surface area contributed by atoms with Crippen LogP contribution in [0.5, 0.6) is 0 Å². The SMILES string of the molecule is CCCC(Cl)c1noc(-c2cnn(C)c2)n1. The number of hydrogen-bond acceptors (Lipinski definition) is 4. The highest BCUT2D eigenvalue weighted by molar-refractivity contribution is 6.20. The second-order valence-corrected chi connectivity index (χ2v) is 4.14. The molecule has 5 nitrogen and oxygen atoms in total. The van der Waals surface area contributed by atoms with Gasteiger partial charge in [-0.25, -0.2) is 0 Å². The van der Waals surface area contributed by atoms with E-state index in [1.54, 1.807) is 10.9 Å². The summed E-state index contributed by atoms with van der Waals surface area (Å²) in [5.74, 6) is 1.01. The first-order chi connectivity index (χ1) is 7.70. The van der Waals surface area contributed by atoms with Crippen molar-refractivity contribution in [3.8, 4) is 11.5 Å². The second kappa shape index (κ2) is 4.65. The summed E-state index contributed by atoms with van der Waals surface area (Å²) in [6, 6.07) is 0. The van der Waals surface area contributed by atoms with Crippen molar-refractivity contribution in [3.05, 3.63) is 18.2 Å². The third-order valence-electron chi connectivity index (χ3n) is 2.22. The minimum Gasteiger partial charge on any atom is -0.334 e. The van der Waals surface area contributed by atoms with Crippen molar-refractivity contribution >= 4 is 11.6 Å². The van der Waals surface area contributed by atoms with E-state index >= 15 is 0 Å². The molecular weight excluding hydrogens is 228 g/mol. The van der Waals surface area contributed by atoms with Crippen LogP contribution in [-0.2, 0) is 7.05 Å². The number of aromatic nitrogens is 4. The lowest BCUT2D eigenvalue weighted by Crippen LogP contribution is -1.92. The van der Waals surface area contributed by atoms with Crippen LogP contribution in [0, 0.1) is 0 Å². The van der Waals surface area contributed by atoms with Crippen LogP contribution in [0.4, 0.5) is 0 Å². The summed E-state index contributed by atoms with van der Waals surface area (Å²) in [5.41, 5.74) is 0.807. The summed E-state index contributed by atoms with van der Waals surface area (Å²) >= 11 is 6.11. The molecule has 0 aliphatic carbocycles. The molecule has 1 atom stereocenters. The molecule has 0 radical (unpaired) electrons. The molecule has 2 aromatic rings. The maximum Gasteiger partial charge on any atom is 0.261 e. The minimum atomic E-state index is -0.181. The number of hydrogen-bond donors (Lipinski definition) is 0. The molecule has 0 aliphatic heterocycles. The van der Waals surface area contributed by atoms with E-state index in [1.807, 2.05) is 13.2 Å². The molecule has 0 saturated heterocycles. The lowest BCUT2D eigenvalue weighted by molar-refractivity contribution is 0.420. The minimum absolute atomic E-state index is 0.181. The van der Waals surface area contributed by atoms with Crippen LogP contribution in [0.15, 0.2) is 16.9 Å². The van der Waals surface area contributed by atoms with E-state index in [9.17, 15) is 0 Å². The molecule has 2 heterocycles. The maximum absolute atomic E-state index is 6.11. The lowest BCUT2D eigenvalue weighted by atomic mass is 10.2. The Morgan fingerprint density at radius 2 is 2.38 bits per heavy atom. The first-order valence-corrected chi connectivity index (χ1v) is 5.61. The van der Waals surface area contributed by atoms with Crippen LogP contribution in [0.2, 0.25) is 0 Å². The Labute approximate surface area is 98.4 Å². The van der Waals surface area contributed by atoms with Crippen LogP contribution in [0.25, 0.3) is 11.5 Å². The Kier molecular flexibility index (Phi) is 3.24. The van der Waals surface area contributed by atoms with Crippen molar-refractivity contribution < 1.29 is 4.52 Å². The van der Waals surface area contributed by atoms with Gasteiger partial charge in [-0.15, -0.1) is 11.6 Å². The predicted octanol–water partition coefficient (Wildman–Crippen LogP) is 2.55. The fourth-order valence-corrected chi connectivity index (χ4v) is 1.70. The third kappa shape index (κ3) is 2.24. The highest BCUT2D eigenvalue weighted by atomic mass is 35.5. The van der Waals surface area contributed by atoms with Crippen LogP contribution in [-0.4, -0.2) is 19.9 Å². The van der Waals surface area contributed by atoms with E-state index in [2.05, 4.69) is 22.2 Å². The summed E-state index contributed by atoms with van der Waals surface area (Å²) in [4.78, 5) is 4.25. The standard InChI is InChI=1S/C10H13ClN4O/c1-3-4-8(11)9-13-10(16-14-9)7-5-12-15(2)6-7/h5-6,8H,3-4H2,1-2H3. The Hall–Kier alpha value is -1.36. The molecule has 0 spiro atoms. The van der Waals surface area contributed by atoms with Crippen LogP contribution >= 0.6 is 11.6 Å². The van der Waals surface area contributed by atoms with E-state index in [0.29, 0.717) is 11.7 Å². The molecule has 0 amide bonds. The summed E-state index contributed by atoms with van der Waals surface area (Å²) in [6.07, 6.45) is 5.33. The zero-order valence-electron chi connectivity index (χ0n) is 9.22. The van der Waals surface area contributed by atoms with Gasteiger partial charge < -0.3 is 4.52 Å². The van der Waals surface area contributed by atoms with Crippen molar-refractivity contribution in [3.63, 3.8) is 0 Å². The molecule has 2 aromatic heterocycles. The molecule has 2 rings (SSSR count). The van der Waals surface area contributed by atoms with Crippen molar-refractivity contribution in [2.24, 2.45) is 7.05 Å². The van der Waals surface area contributed by atoms with Gasteiger partial charge in [0.15, 0.2) is 5.82 Å². The van der Waals surface area contributed by atoms with E-state index in [0.717, 1.165) is 18.4 Å². The average Bonchev–Trinajstić information content (AvgIpc) is 2.85. The fraction of sp³-hybridized carbons (Fsp3) is 0.500. The normalized spacial score (nSPS) is 12.9. The monoisotopic (exact) mass is 240 g/mol. The zero-order chi connectivity index (χ0) is 11.5. The molecule has 0 fully saturated rings. The van der Waals surface area contributed by atoms with E-state index in [-0.39, 0.29) is 5.38 Å². The Morgan fingerprint density at radius 1 is 1.56 bits per heavy atom. The Balaban J connectivity index is 2.19. The number of alkyl halides is 1. The summed E-state index contributed by atoms with van der Waals surface area (Å²) in [5, 5.41) is 7.72. The predicted molar refractivity (Wildman–Crippen MR) is 60.0 cm³/mol. The average molecular weight is 241 g/mol. The van der Waals surface area contributed by atoms with Crippen molar-refractivity contribution in [1.29, 1.82) is 0 Å². The van der Waals surface area contributed by atoms with Gasteiger partial charge in [0, 0.05) is 13.2 Å². The van der Waals surface area contributed by atoms with E-state index < -0.39 is 0 Å². The Bertz CT molecular complexity index is 465. The number of rotatable bonds is 4. The summed E-state index contributed by atoms with van der Waals surface area (Å²) in [6.45, 7) is 2.07. The van der Waals surface area contributed by atoms with Gasteiger partial charge in [0.25, 0.3) is 5.89 Å². The van der Waals surface area contributed by atoms with Gasteiger partial charge in [-0.3, -0.25) is 4.68 Å². The van der Waals surface area contributed by atoms with Gasteiger partial charge in [-0.05, 0) is 6.42 Å². The first kappa shape index (κ1) is 11.1. The largest absolute Gasteiger partial charge is 0.334 e. The summed E-state index contributed by atoms with van der Waals surface area (Å²) in [7, 11) is 1.84. The fourth-order valence-electron chi connectivity index (χ4n) is 1.39. The third-order valence-corrected chi connectivity index (χ3v) is 2.63. The highest BCUT2D eigenvalue weighted by Gasteiger charge is 2.16. The van der Waals surface area contributed by atoms with Gasteiger partial charge in [0.1, 0.15) is 0 Å². The van der Waals surface area contributed by atoms with Gasteiger partial charge in [-0.2, -0.15) is 10.1 Å². The number of aryl methyl sites for hydroxylation is 1. The van der Waals surface area contributed by atoms with Crippen molar-refractivity contribution in [2.45, 2.75) is 25.1 Å². The van der Waals surface area contributed by atoms with Gasteiger partial charge in [-0.1, -0.05) is 18.5 Å². The molecule has 1 unspecified atom stereocenters. The topological polar surface area (TPSA) is 56.7 Å². The maximum atomic E-state index is 6.11. The summed E-state index contributed by atoms with van der Waals surface area (Å²) < 4.78 is 6.82. The van der Waals surface area contributed by atoms with Gasteiger partial charge >= 0.3 is 0 Å². The molecule has 16 heavy (non-hydrogen) atoms. The smallest absolute Gasteiger partial charge is 0.261 e. The lowest BCUT2D eigenvalue weighted by Gasteiger charge is -1.99. The molecule has 0 saturated carbocycles. The van der Waals surface area contributed by atoms with Gasteiger partial charge in [0.05, 0.1) is 17.1 Å². The molecule has 0 aliphatic rings. The molecule has 86 valence electrons. The number of nitrogens with zero attached hydrogens (tertiary/aromatic N) is 4. The zero-order valence-corrected chi connectivity index (χ0v) is 9.98. The Morgan fingerprint density at radius 3 is 3.00 bits per heavy atom. The van der Waals surface area contributed by atoms with E-state index in [1.165, 1.54) is 0 Å². The van der Waals surface area contributed by atoms with Crippen LogP contribution < -0.4 is 0 Å².